The van der Waals surface area contributed by atoms with Crippen LogP contribution in [0.5, 0.6) is 0 Å². The highest BCUT2D eigenvalue weighted by molar-refractivity contribution is 5.14. The first-order valence-electron chi connectivity index (χ1n) is 7.94. The molecule has 0 aromatic heterocycles. The van der Waals surface area contributed by atoms with Crippen molar-refractivity contribution in [1.82, 2.24) is 0 Å². The van der Waals surface area contributed by atoms with E-state index in [0.717, 1.165) is 17.8 Å². The lowest BCUT2D eigenvalue weighted by molar-refractivity contribution is 0.187. The Labute approximate surface area is 118 Å². The zero-order chi connectivity index (χ0) is 13.7. The molecule has 106 valence electrons. The Bertz CT molecular complexity index is 349. The second-order valence-corrected chi connectivity index (χ2v) is 6.72. The lowest BCUT2D eigenvalue weighted by Crippen LogP contribution is -2.35. The molecule has 1 nitrogen and oxygen atoms in total. The summed E-state index contributed by atoms with van der Waals surface area (Å²) in [6, 6.07) is 11.2. The van der Waals surface area contributed by atoms with Gasteiger partial charge >= 0.3 is 0 Å². The van der Waals surface area contributed by atoms with Gasteiger partial charge in [-0.3, -0.25) is 0 Å². The first-order valence-corrected chi connectivity index (χ1v) is 7.94. The van der Waals surface area contributed by atoms with Gasteiger partial charge in [0.05, 0.1) is 0 Å². The average molecular weight is 259 g/mol. The number of hydrogen-bond acceptors (Lipinski definition) is 1. The van der Waals surface area contributed by atoms with Gasteiger partial charge in [0.25, 0.3) is 0 Å². The monoisotopic (exact) mass is 259 g/mol. The Kier molecular flexibility index (Phi) is 5.45. The van der Waals surface area contributed by atoms with E-state index in [1.165, 1.54) is 44.1 Å². The van der Waals surface area contributed by atoms with Gasteiger partial charge < -0.3 is 5.73 Å². The Balaban J connectivity index is 1.73. The van der Waals surface area contributed by atoms with Gasteiger partial charge in [-0.2, -0.15) is 0 Å². The molecule has 0 amide bonds. The minimum Gasteiger partial charge on any atom is -0.327 e. The van der Waals surface area contributed by atoms with Crippen molar-refractivity contribution >= 4 is 0 Å². The average Bonchev–Trinajstić information content (AvgIpc) is 2.38. The Morgan fingerprint density at radius 2 is 1.68 bits per heavy atom. The van der Waals surface area contributed by atoms with Gasteiger partial charge in [0.15, 0.2) is 0 Å². The Morgan fingerprint density at radius 1 is 1.05 bits per heavy atom. The third kappa shape index (κ3) is 4.65. The smallest absolute Gasteiger partial charge is 0.00674 e. The first kappa shape index (κ1) is 14.6. The second kappa shape index (κ2) is 7.09. The van der Waals surface area contributed by atoms with Crippen molar-refractivity contribution in [2.75, 3.05) is 0 Å². The second-order valence-electron chi connectivity index (χ2n) is 6.72. The highest BCUT2D eigenvalue weighted by Crippen LogP contribution is 2.35. The van der Waals surface area contributed by atoms with Crippen LogP contribution in [0.2, 0.25) is 0 Å². The van der Waals surface area contributed by atoms with Crippen LogP contribution in [0.25, 0.3) is 0 Å². The molecule has 19 heavy (non-hydrogen) atoms. The Hall–Kier alpha value is -0.820. The molecule has 1 aliphatic rings. The number of aryl methyl sites for hydroxylation is 1. The van der Waals surface area contributed by atoms with Gasteiger partial charge in [-0.15, -0.1) is 0 Å². The summed E-state index contributed by atoms with van der Waals surface area (Å²) in [6.45, 7) is 4.78. The SMILES string of the molecule is CC1CC(C)CC(C(N)CCCc2ccccc2)C1. The summed E-state index contributed by atoms with van der Waals surface area (Å²) in [5.74, 6) is 2.50. The van der Waals surface area contributed by atoms with E-state index >= 15 is 0 Å². The topological polar surface area (TPSA) is 26.0 Å². The van der Waals surface area contributed by atoms with Crippen molar-refractivity contribution in [1.29, 1.82) is 0 Å². The highest BCUT2D eigenvalue weighted by Gasteiger charge is 2.27. The van der Waals surface area contributed by atoms with Crippen LogP contribution >= 0.6 is 0 Å². The number of rotatable bonds is 5. The van der Waals surface area contributed by atoms with Crippen molar-refractivity contribution in [3.05, 3.63) is 35.9 Å². The minimum absolute atomic E-state index is 0.411. The standard InChI is InChI=1S/C18H29N/c1-14-11-15(2)13-17(12-14)18(19)10-6-9-16-7-4-3-5-8-16/h3-5,7-8,14-15,17-18H,6,9-13,19H2,1-2H3. The largest absolute Gasteiger partial charge is 0.327 e. The van der Waals surface area contributed by atoms with Crippen molar-refractivity contribution in [2.45, 2.75) is 58.4 Å². The fourth-order valence-corrected chi connectivity index (χ4v) is 3.78. The van der Waals surface area contributed by atoms with Crippen LogP contribution in [0.3, 0.4) is 0 Å². The molecule has 1 aromatic rings. The maximum atomic E-state index is 6.44. The van der Waals surface area contributed by atoms with Crippen LogP contribution in [-0.2, 0) is 6.42 Å². The molecular weight excluding hydrogens is 230 g/mol. The van der Waals surface area contributed by atoms with E-state index in [1.807, 2.05) is 0 Å². The summed E-state index contributed by atoms with van der Waals surface area (Å²) in [5, 5.41) is 0. The van der Waals surface area contributed by atoms with Gasteiger partial charge in [0, 0.05) is 6.04 Å². The maximum Gasteiger partial charge on any atom is 0.00674 e. The number of hydrogen-bond donors (Lipinski definition) is 1. The summed E-state index contributed by atoms with van der Waals surface area (Å²) >= 11 is 0. The van der Waals surface area contributed by atoms with Crippen molar-refractivity contribution in [2.24, 2.45) is 23.5 Å². The minimum atomic E-state index is 0.411. The van der Waals surface area contributed by atoms with Crippen LogP contribution in [0.1, 0.15) is 51.5 Å². The fraction of sp³-hybridized carbons (Fsp3) is 0.667. The third-order valence-corrected chi connectivity index (χ3v) is 4.67. The lowest BCUT2D eigenvalue weighted by atomic mass is 9.73. The van der Waals surface area contributed by atoms with Gasteiger partial charge in [-0.25, -0.2) is 0 Å². The molecule has 1 saturated carbocycles. The zero-order valence-corrected chi connectivity index (χ0v) is 12.5. The van der Waals surface area contributed by atoms with Gasteiger partial charge in [-0.1, -0.05) is 44.2 Å². The molecule has 0 radical (unpaired) electrons. The van der Waals surface area contributed by atoms with Crippen LogP contribution in [0.15, 0.2) is 30.3 Å². The normalized spacial score (nSPS) is 29.1. The van der Waals surface area contributed by atoms with Crippen molar-refractivity contribution in [3.63, 3.8) is 0 Å². The van der Waals surface area contributed by atoms with Crippen LogP contribution < -0.4 is 5.73 Å². The van der Waals surface area contributed by atoms with Crippen LogP contribution in [-0.4, -0.2) is 6.04 Å². The van der Waals surface area contributed by atoms with Crippen molar-refractivity contribution < 1.29 is 0 Å². The third-order valence-electron chi connectivity index (χ3n) is 4.67. The molecule has 0 spiro atoms. The van der Waals surface area contributed by atoms with E-state index in [0.29, 0.717) is 6.04 Å². The predicted molar refractivity (Wildman–Crippen MR) is 83.0 cm³/mol. The molecule has 0 aliphatic heterocycles. The quantitative estimate of drug-likeness (QED) is 0.833. The zero-order valence-electron chi connectivity index (χ0n) is 12.5. The fourth-order valence-electron chi connectivity index (χ4n) is 3.78. The molecule has 2 rings (SSSR count). The molecule has 3 atom stereocenters. The molecule has 1 aromatic carbocycles. The number of benzene rings is 1. The van der Waals surface area contributed by atoms with Crippen LogP contribution in [0, 0.1) is 17.8 Å². The molecular formula is C18H29N. The van der Waals surface area contributed by atoms with E-state index in [1.54, 1.807) is 0 Å². The number of nitrogens with two attached hydrogens (primary N) is 1. The summed E-state index contributed by atoms with van der Waals surface area (Å²) in [4.78, 5) is 0. The van der Waals surface area contributed by atoms with E-state index in [2.05, 4.69) is 44.2 Å². The molecule has 1 heteroatoms. The molecule has 1 fully saturated rings. The molecule has 1 aliphatic carbocycles. The summed E-state index contributed by atoms with van der Waals surface area (Å²) in [5.41, 5.74) is 7.88. The highest BCUT2D eigenvalue weighted by atomic mass is 14.7. The molecule has 0 heterocycles. The predicted octanol–water partition coefficient (Wildman–Crippen LogP) is 4.41. The summed E-state index contributed by atoms with van der Waals surface area (Å²) in [7, 11) is 0. The molecule has 3 unspecified atom stereocenters. The van der Waals surface area contributed by atoms with Gasteiger partial charge in [0.2, 0.25) is 0 Å². The molecule has 0 saturated heterocycles. The first-order chi connectivity index (χ1) is 9.15. The maximum absolute atomic E-state index is 6.44. The van der Waals surface area contributed by atoms with Crippen LogP contribution in [0.4, 0.5) is 0 Å². The van der Waals surface area contributed by atoms with Gasteiger partial charge in [0.1, 0.15) is 0 Å². The van der Waals surface area contributed by atoms with E-state index in [4.69, 9.17) is 5.73 Å². The Morgan fingerprint density at radius 3 is 2.32 bits per heavy atom. The summed E-state index contributed by atoms with van der Waals surface area (Å²) < 4.78 is 0. The van der Waals surface area contributed by atoms with Crippen molar-refractivity contribution in [3.8, 4) is 0 Å². The summed E-state index contributed by atoms with van der Waals surface area (Å²) in [6.07, 6.45) is 7.66. The molecule has 2 N–H and O–H groups in total. The van der Waals surface area contributed by atoms with E-state index in [9.17, 15) is 0 Å². The molecule has 0 bridgehead atoms. The van der Waals surface area contributed by atoms with Gasteiger partial charge in [-0.05, 0) is 61.8 Å². The van der Waals surface area contributed by atoms with E-state index < -0.39 is 0 Å². The van der Waals surface area contributed by atoms with E-state index in [-0.39, 0.29) is 0 Å². The lowest BCUT2D eigenvalue weighted by Gasteiger charge is -2.35.